The van der Waals surface area contributed by atoms with Gasteiger partial charge in [-0.2, -0.15) is 26.3 Å². The highest BCUT2D eigenvalue weighted by molar-refractivity contribution is 6.20. The Morgan fingerprint density at radius 3 is 2.21 bits per heavy atom. The van der Waals surface area contributed by atoms with Gasteiger partial charge in [-0.15, -0.1) is 0 Å². The maximum absolute atomic E-state index is 13.5. The van der Waals surface area contributed by atoms with Crippen LogP contribution in [0.15, 0.2) is 77.8 Å². The molecule has 0 saturated carbocycles. The molecule has 4 rings (SSSR count). The van der Waals surface area contributed by atoms with Gasteiger partial charge in [0.15, 0.2) is 0 Å². The van der Waals surface area contributed by atoms with Crippen molar-refractivity contribution in [2.75, 3.05) is 11.4 Å². The minimum atomic E-state index is -5.13. The van der Waals surface area contributed by atoms with Crippen LogP contribution in [0.25, 0.3) is 0 Å². The predicted octanol–water partition coefficient (Wildman–Crippen LogP) is 5.61. The Labute approximate surface area is 213 Å². The molecule has 198 valence electrons. The fraction of sp³-hybridized carbons (Fsp3) is 0.222. The smallest absolute Gasteiger partial charge is 0.326 e. The van der Waals surface area contributed by atoms with Gasteiger partial charge >= 0.3 is 12.4 Å². The van der Waals surface area contributed by atoms with Crippen molar-refractivity contribution < 1.29 is 35.9 Å². The Bertz CT molecular complexity index is 1380. The largest absolute Gasteiger partial charge is 0.416 e. The van der Waals surface area contributed by atoms with Crippen molar-refractivity contribution >= 4 is 23.2 Å². The minimum absolute atomic E-state index is 0.0272. The van der Waals surface area contributed by atoms with E-state index in [1.807, 2.05) is 0 Å². The summed E-state index contributed by atoms with van der Waals surface area (Å²) in [6.45, 7) is 1.94. The standard InChI is InChI=1S/C27H21F6N3O2/c1-2-36-21-11-7-6-10-19(21)23(16-8-4-3-5-9-16)35-24(25(36)38)34-22(37)14-17-12-13-18(26(28,29)30)15-20(17)27(31,32)33/h3-13,15,24H,2,14H2,1H3,(H,34,37)/t24-/m1/s1. The Morgan fingerprint density at radius 1 is 0.921 bits per heavy atom. The van der Waals surface area contributed by atoms with Crippen molar-refractivity contribution in [1.82, 2.24) is 5.32 Å². The summed E-state index contributed by atoms with van der Waals surface area (Å²) in [5, 5.41) is 2.37. The van der Waals surface area contributed by atoms with Crippen molar-refractivity contribution in [3.05, 3.63) is 101 Å². The van der Waals surface area contributed by atoms with Gasteiger partial charge in [0.25, 0.3) is 5.91 Å². The van der Waals surface area contributed by atoms with E-state index in [2.05, 4.69) is 10.3 Å². The van der Waals surface area contributed by atoms with Gasteiger partial charge in [0.2, 0.25) is 12.1 Å². The number of para-hydroxylation sites is 1. The number of benzene rings is 3. The zero-order chi connectivity index (χ0) is 27.7. The van der Waals surface area contributed by atoms with Crippen molar-refractivity contribution in [1.29, 1.82) is 0 Å². The van der Waals surface area contributed by atoms with E-state index in [1.165, 1.54) is 4.90 Å². The molecular weight excluding hydrogens is 512 g/mol. The fourth-order valence-electron chi connectivity index (χ4n) is 4.22. The summed E-state index contributed by atoms with van der Waals surface area (Å²) >= 11 is 0. The van der Waals surface area contributed by atoms with Gasteiger partial charge in [-0.05, 0) is 30.7 Å². The minimum Gasteiger partial charge on any atom is -0.326 e. The summed E-state index contributed by atoms with van der Waals surface area (Å²) in [6, 6.07) is 16.9. The van der Waals surface area contributed by atoms with Gasteiger partial charge < -0.3 is 10.2 Å². The second-order valence-corrected chi connectivity index (χ2v) is 8.46. The van der Waals surface area contributed by atoms with E-state index in [0.29, 0.717) is 34.7 Å². The lowest BCUT2D eigenvalue weighted by Crippen LogP contribution is -2.47. The highest BCUT2D eigenvalue weighted by Crippen LogP contribution is 2.37. The summed E-state index contributed by atoms with van der Waals surface area (Å²) in [5.74, 6) is -1.62. The Kier molecular flexibility index (Phi) is 7.30. The van der Waals surface area contributed by atoms with Crippen LogP contribution in [0.2, 0.25) is 0 Å². The van der Waals surface area contributed by atoms with Gasteiger partial charge in [-0.25, -0.2) is 4.99 Å². The van der Waals surface area contributed by atoms with Gasteiger partial charge in [-0.1, -0.05) is 54.6 Å². The number of hydrogen-bond acceptors (Lipinski definition) is 3. The molecule has 1 heterocycles. The maximum Gasteiger partial charge on any atom is 0.416 e. The van der Waals surface area contributed by atoms with Crippen LogP contribution in [0, 0.1) is 0 Å². The molecule has 0 fully saturated rings. The molecule has 1 atom stereocenters. The molecule has 2 amide bonds. The number of fused-ring (bicyclic) bond motifs is 1. The molecule has 1 aliphatic heterocycles. The topological polar surface area (TPSA) is 61.8 Å². The van der Waals surface area contributed by atoms with E-state index in [0.717, 1.165) is 0 Å². The predicted molar refractivity (Wildman–Crippen MR) is 129 cm³/mol. The summed E-state index contributed by atoms with van der Waals surface area (Å²) in [7, 11) is 0. The number of alkyl halides is 6. The summed E-state index contributed by atoms with van der Waals surface area (Å²) in [6.07, 6.45) is -12.5. The second kappa shape index (κ2) is 10.3. The molecule has 5 nitrogen and oxygen atoms in total. The number of hydrogen-bond donors (Lipinski definition) is 1. The molecule has 1 N–H and O–H groups in total. The first-order valence-corrected chi connectivity index (χ1v) is 11.5. The SMILES string of the molecule is CCN1C(=O)[C@H](NC(=O)Cc2ccc(C(F)(F)F)cc2C(F)(F)F)N=C(c2ccccc2)c2ccccc21. The molecule has 3 aromatic rings. The highest BCUT2D eigenvalue weighted by Gasteiger charge is 2.39. The molecule has 11 heteroatoms. The Morgan fingerprint density at radius 2 is 1.58 bits per heavy atom. The number of benzodiazepines with no additional fused rings is 1. The molecule has 0 spiro atoms. The van der Waals surface area contributed by atoms with Crippen LogP contribution < -0.4 is 10.2 Å². The van der Waals surface area contributed by atoms with Crippen LogP contribution in [-0.2, 0) is 28.4 Å². The molecule has 0 saturated heterocycles. The van der Waals surface area contributed by atoms with Gasteiger partial charge in [0.1, 0.15) is 0 Å². The first-order chi connectivity index (χ1) is 17.9. The van der Waals surface area contributed by atoms with Crippen LogP contribution in [-0.4, -0.2) is 30.2 Å². The number of aliphatic imine (C=N–C) groups is 1. The van der Waals surface area contributed by atoms with E-state index in [9.17, 15) is 35.9 Å². The number of likely N-dealkylation sites (N-methyl/N-ethyl adjacent to an activating group) is 1. The third-order valence-corrected chi connectivity index (χ3v) is 5.96. The molecule has 3 aromatic carbocycles. The van der Waals surface area contributed by atoms with Gasteiger partial charge in [-0.3, -0.25) is 9.59 Å². The number of nitrogens with one attached hydrogen (secondary N) is 1. The maximum atomic E-state index is 13.5. The van der Waals surface area contributed by atoms with E-state index in [4.69, 9.17) is 0 Å². The lowest BCUT2D eigenvalue weighted by molar-refractivity contribution is -0.143. The lowest BCUT2D eigenvalue weighted by Gasteiger charge is -2.24. The summed E-state index contributed by atoms with van der Waals surface area (Å²) < 4.78 is 79.6. The normalized spacial score (nSPS) is 16.0. The fourth-order valence-corrected chi connectivity index (χ4v) is 4.22. The average Bonchev–Trinajstić information content (AvgIpc) is 2.97. The number of rotatable bonds is 5. The van der Waals surface area contributed by atoms with Crippen molar-refractivity contribution in [2.24, 2.45) is 4.99 Å². The van der Waals surface area contributed by atoms with E-state index >= 15 is 0 Å². The van der Waals surface area contributed by atoms with Crippen LogP contribution in [0.1, 0.15) is 34.7 Å². The zero-order valence-corrected chi connectivity index (χ0v) is 19.9. The van der Waals surface area contributed by atoms with Crippen LogP contribution in [0.4, 0.5) is 32.0 Å². The van der Waals surface area contributed by atoms with Crippen LogP contribution in [0.3, 0.4) is 0 Å². The third-order valence-electron chi connectivity index (χ3n) is 5.96. The van der Waals surface area contributed by atoms with Crippen LogP contribution in [0.5, 0.6) is 0 Å². The van der Waals surface area contributed by atoms with Crippen molar-refractivity contribution in [3.8, 4) is 0 Å². The van der Waals surface area contributed by atoms with Crippen LogP contribution >= 0.6 is 0 Å². The summed E-state index contributed by atoms with van der Waals surface area (Å²) in [5.41, 5.74) is -1.53. The number of anilines is 1. The molecule has 0 unspecified atom stereocenters. The van der Waals surface area contributed by atoms with E-state index < -0.39 is 53.4 Å². The highest BCUT2D eigenvalue weighted by atomic mass is 19.4. The molecule has 0 bridgehead atoms. The number of halogens is 6. The lowest BCUT2D eigenvalue weighted by atomic mass is 10.00. The molecule has 0 aliphatic carbocycles. The van der Waals surface area contributed by atoms with E-state index in [-0.39, 0.29) is 12.6 Å². The first kappa shape index (κ1) is 26.9. The molecule has 1 aliphatic rings. The number of amides is 2. The van der Waals surface area contributed by atoms with Gasteiger partial charge in [0, 0.05) is 17.7 Å². The Balaban J connectivity index is 1.70. The number of nitrogens with zero attached hydrogens (tertiary/aromatic N) is 2. The average molecular weight is 533 g/mol. The quantitative estimate of drug-likeness (QED) is 0.434. The third kappa shape index (κ3) is 5.56. The van der Waals surface area contributed by atoms with Gasteiger partial charge in [0.05, 0.1) is 28.9 Å². The monoisotopic (exact) mass is 533 g/mol. The summed E-state index contributed by atoms with van der Waals surface area (Å²) in [4.78, 5) is 32.1. The Hall–Kier alpha value is -4.15. The van der Waals surface area contributed by atoms with Crippen molar-refractivity contribution in [2.45, 2.75) is 31.9 Å². The number of carbonyl (C=O) groups is 2. The number of carbonyl (C=O) groups excluding carboxylic acids is 2. The second-order valence-electron chi connectivity index (χ2n) is 8.46. The molecule has 38 heavy (non-hydrogen) atoms. The van der Waals surface area contributed by atoms with E-state index in [1.54, 1.807) is 61.5 Å². The first-order valence-electron chi connectivity index (χ1n) is 11.5. The molecular formula is C27H21F6N3O2. The van der Waals surface area contributed by atoms with Crippen molar-refractivity contribution in [3.63, 3.8) is 0 Å². The zero-order valence-electron chi connectivity index (χ0n) is 19.9. The molecule has 0 radical (unpaired) electrons. The molecule has 0 aromatic heterocycles.